The standard InChI is InChI=1S/C19H23N5S/c1-2-3-6-18-20-11-15(22-18)13-24-8-7-16-14(12-24)10-21-19(23-16)17-5-4-9-25-17/h4-5,9-11H,2-3,6-8,12-13H2,1H3,(H,20,22). The minimum absolute atomic E-state index is 0.858. The van der Waals surface area contributed by atoms with E-state index in [2.05, 4.69) is 38.2 Å². The molecule has 0 atom stereocenters. The van der Waals surface area contributed by atoms with Gasteiger partial charge in [0, 0.05) is 56.1 Å². The Balaban J connectivity index is 1.42. The van der Waals surface area contributed by atoms with E-state index in [-0.39, 0.29) is 0 Å². The van der Waals surface area contributed by atoms with Gasteiger partial charge in [-0.3, -0.25) is 4.90 Å². The van der Waals surface area contributed by atoms with Crippen molar-refractivity contribution < 1.29 is 0 Å². The van der Waals surface area contributed by atoms with E-state index < -0.39 is 0 Å². The van der Waals surface area contributed by atoms with Crippen LogP contribution >= 0.6 is 11.3 Å². The molecule has 4 rings (SSSR count). The van der Waals surface area contributed by atoms with Crippen LogP contribution in [-0.2, 0) is 25.9 Å². The monoisotopic (exact) mass is 353 g/mol. The van der Waals surface area contributed by atoms with Gasteiger partial charge >= 0.3 is 0 Å². The number of rotatable bonds is 6. The molecule has 6 heteroatoms. The zero-order valence-electron chi connectivity index (χ0n) is 14.5. The molecular weight excluding hydrogens is 330 g/mol. The van der Waals surface area contributed by atoms with E-state index in [0.29, 0.717) is 0 Å². The molecule has 1 aliphatic rings. The first-order chi connectivity index (χ1) is 12.3. The molecule has 0 spiro atoms. The summed E-state index contributed by atoms with van der Waals surface area (Å²) in [5.74, 6) is 1.97. The van der Waals surface area contributed by atoms with E-state index in [1.165, 1.54) is 29.8 Å². The number of hydrogen-bond acceptors (Lipinski definition) is 5. The Kier molecular flexibility index (Phi) is 4.90. The number of nitrogens with zero attached hydrogens (tertiary/aromatic N) is 4. The second-order valence-corrected chi connectivity index (χ2v) is 7.51. The predicted molar refractivity (Wildman–Crippen MR) is 100 cm³/mol. The highest BCUT2D eigenvalue weighted by Gasteiger charge is 2.19. The van der Waals surface area contributed by atoms with Crippen LogP contribution in [0.1, 0.15) is 42.5 Å². The number of hydrogen-bond donors (Lipinski definition) is 1. The van der Waals surface area contributed by atoms with Crippen LogP contribution in [0.15, 0.2) is 29.9 Å². The van der Waals surface area contributed by atoms with Crippen LogP contribution in [0.25, 0.3) is 10.7 Å². The van der Waals surface area contributed by atoms with Crippen LogP contribution in [0, 0.1) is 0 Å². The van der Waals surface area contributed by atoms with Gasteiger partial charge in [-0.15, -0.1) is 11.3 Å². The van der Waals surface area contributed by atoms with E-state index in [0.717, 1.165) is 49.0 Å². The van der Waals surface area contributed by atoms with Crippen molar-refractivity contribution in [2.24, 2.45) is 0 Å². The fourth-order valence-corrected chi connectivity index (χ4v) is 3.90. The van der Waals surface area contributed by atoms with Crippen molar-refractivity contribution in [1.29, 1.82) is 0 Å². The van der Waals surface area contributed by atoms with Crippen molar-refractivity contribution in [3.63, 3.8) is 0 Å². The first-order valence-corrected chi connectivity index (χ1v) is 9.83. The molecule has 0 aliphatic carbocycles. The highest BCUT2D eigenvalue weighted by atomic mass is 32.1. The molecule has 4 heterocycles. The van der Waals surface area contributed by atoms with Crippen molar-refractivity contribution in [3.05, 3.63) is 52.7 Å². The van der Waals surface area contributed by atoms with Crippen LogP contribution in [0.3, 0.4) is 0 Å². The largest absolute Gasteiger partial charge is 0.345 e. The number of fused-ring (bicyclic) bond motifs is 1. The minimum atomic E-state index is 0.858. The van der Waals surface area contributed by atoms with E-state index in [4.69, 9.17) is 4.98 Å². The molecule has 1 N–H and O–H groups in total. The van der Waals surface area contributed by atoms with Crippen LogP contribution in [-0.4, -0.2) is 31.4 Å². The normalized spacial score (nSPS) is 14.6. The molecular formula is C19H23N5S. The zero-order valence-corrected chi connectivity index (χ0v) is 15.4. The van der Waals surface area contributed by atoms with Crippen molar-refractivity contribution in [1.82, 2.24) is 24.8 Å². The van der Waals surface area contributed by atoms with E-state index in [9.17, 15) is 0 Å². The van der Waals surface area contributed by atoms with Crippen LogP contribution in [0.2, 0.25) is 0 Å². The number of H-pyrrole nitrogens is 1. The second-order valence-electron chi connectivity index (χ2n) is 6.56. The predicted octanol–water partition coefficient (Wildman–Crippen LogP) is 3.83. The number of unbranched alkanes of at least 4 members (excludes halogenated alkanes) is 1. The number of thiophene rings is 1. The van der Waals surface area contributed by atoms with Gasteiger partial charge in [0.25, 0.3) is 0 Å². The van der Waals surface area contributed by atoms with E-state index in [1.54, 1.807) is 11.3 Å². The summed E-state index contributed by atoms with van der Waals surface area (Å²) in [7, 11) is 0. The van der Waals surface area contributed by atoms with Gasteiger partial charge in [0.15, 0.2) is 5.82 Å². The van der Waals surface area contributed by atoms with Crippen LogP contribution in [0.4, 0.5) is 0 Å². The lowest BCUT2D eigenvalue weighted by Crippen LogP contribution is -2.31. The Morgan fingerprint density at radius 1 is 1.28 bits per heavy atom. The van der Waals surface area contributed by atoms with E-state index in [1.807, 2.05) is 18.5 Å². The smallest absolute Gasteiger partial charge is 0.169 e. The first kappa shape index (κ1) is 16.4. The second kappa shape index (κ2) is 7.45. The van der Waals surface area contributed by atoms with Gasteiger partial charge in [-0.2, -0.15) is 0 Å². The van der Waals surface area contributed by atoms with Crippen molar-refractivity contribution in [2.75, 3.05) is 6.54 Å². The number of aromatic amines is 1. The number of aromatic nitrogens is 4. The lowest BCUT2D eigenvalue weighted by atomic mass is 10.1. The Morgan fingerprint density at radius 2 is 2.24 bits per heavy atom. The van der Waals surface area contributed by atoms with Gasteiger partial charge < -0.3 is 4.98 Å². The fraction of sp³-hybridized carbons (Fsp3) is 0.421. The zero-order chi connectivity index (χ0) is 17.1. The van der Waals surface area contributed by atoms with Gasteiger partial charge in [-0.25, -0.2) is 15.0 Å². The number of imidazole rings is 1. The summed E-state index contributed by atoms with van der Waals surface area (Å²) in [5, 5.41) is 2.07. The van der Waals surface area contributed by atoms with Crippen molar-refractivity contribution in [2.45, 2.75) is 45.7 Å². The molecule has 0 radical (unpaired) electrons. The van der Waals surface area contributed by atoms with Crippen LogP contribution < -0.4 is 0 Å². The molecule has 0 unspecified atom stereocenters. The SMILES string of the molecule is CCCCc1ncc(CN2CCc3nc(-c4cccs4)ncc3C2)[nH]1. The Hall–Kier alpha value is -2.05. The van der Waals surface area contributed by atoms with Gasteiger partial charge in [-0.1, -0.05) is 19.4 Å². The van der Waals surface area contributed by atoms with Gasteiger partial charge in [0.05, 0.1) is 10.6 Å². The topological polar surface area (TPSA) is 57.7 Å². The molecule has 0 bridgehead atoms. The molecule has 0 saturated carbocycles. The molecule has 3 aromatic heterocycles. The third kappa shape index (κ3) is 3.80. The van der Waals surface area contributed by atoms with Gasteiger partial charge in [0.1, 0.15) is 5.82 Å². The summed E-state index contributed by atoms with van der Waals surface area (Å²) in [4.78, 5) is 20.9. The Labute approximate surface area is 152 Å². The van der Waals surface area contributed by atoms with E-state index >= 15 is 0 Å². The maximum absolute atomic E-state index is 4.79. The molecule has 130 valence electrons. The quantitative estimate of drug-likeness (QED) is 0.732. The number of aryl methyl sites for hydroxylation is 1. The highest BCUT2D eigenvalue weighted by Crippen LogP contribution is 2.24. The van der Waals surface area contributed by atoms with Crippen LogP contribution in [0.5, 0.6) is 0 Å². The summed E-state index contributed by atoms with van der Waals surface area (Å²) in [5.41, 5.74) is 3.64. The summed E-state index contributed by atoms with van der Waals surface area (Å²) in [6, 6.07) is 4.12. The fourth-order valence-electron chi connectivity index (χ4n) is 3.23. The Morgan fingerprint density at radius 3 is 3.08 bits per heavy atom. The third-order valence-electron chi connectivity index (χ3n) is 4.60. The lowest BCUT2D eigenvalue weighted by Gasteiger charge is -2.27. The average molecular weight is 353 g/mol. The molecule has 1 aliphatic heterocycles. The summed E-state index contributed by atoms with van der Waals surface area (Å²) in [6.07, 6.45) is 8.40. The maximum Gasteiger partial charge on any atom is 0.169 e. The summed E-state index contributed by atoms with van der Waals surface area (Å²) in [6.45, 7) is 5.05. The number of nitrogens with one attached hydrogen (secondary N) is 1. The lowest BCUT2D eigenvalue weighted by molar-refractivity contribution is 0.240. The summed E-state index contributed by atoms with van der Waals surface area (Å²) >= 11 is 1.69. The maximum atomic E-state index is 4.79. The molecule has 0 amide bonds. The highest BCUT2D eigenvalue weighted by molar-refractivity contribution is 7.13. The minimum Gasteiger partial charge on any atom is -0.345 e. The Bertz CT molecular complexity index is 824. The summed E-state index contributed by atoms with van der Waals surface area (Å²) < 4.78 is 0. The third-order valence-corrected chi connectivity index (χ3v) is 5.46. The molecule has 3 aromatic rings. The molecule has 0 fully saturated rings. The van der Waals surface area contributed by atoms with Gasteiger partial charge in [-0.05, 0) is 17.9 Å². The molecule has 0 saturated heterocycles. The first-order valence-electron chi connectivity index (χ1n) is 8.95. The van der Waals surface area contributed by atoms with Crippen molar-refractivity contribution >= 4 is 11.3 Å². The van der Waals surface area contributed by atoms with Gasteiger partial charge in [0.2, 0.25) is 0 Å². The average Bonchev–Trinajstić information content (AvgIpc) is 3.31. The molecule has 0 aromatic carbocycles. The molecule has 25 heavy (non-hydrogen) atoms. The van der Waals surface area contributed by atoms with Crippen molar-refractivity contribution in [3.8, 4) is 10.7 Å². The molecule has 5 nitrogen and oxygen atoms in total.